The highest BCUT2D eigenvalue weighted by Gasteiger charge is 2.69. The fourth-order valence-electron chi connectivity index (χ4n) is 6.23. The van der Waals surface area contributed by atoms with Crippen molar-refractivity contribution in [3.05, 3.63) is 35.9 Å². The molecule has 0 aromatic heterocycles. The molecule has 6 atom stereocenters. The van der Waals surface area contributed by atoms with Gasteiger partial charge in [0.2, 0.25) is 0 Å². The van der Waals surface area contributed by atoms with Crippen LogP contribution in [0, 0.1) is 23.2 Å². The van der Waals surface area contributed by atoms with Gasteiger partial charge in [-0.1, -0.05) is 57.0 Å². The third-order valence-corrected chi connectivity index (χ3v) is 8.53. The highest BCUT2D eigenvalue weighted by atomic mass is 16.7. The van der Waals surface area contributed by atoms with E-state index in [9.17, 15) is 4.79 Å². The molecule has 5 fully saturated rings. The summed E-state index contributed by atoms with van der Waals surface area (Å²) in [7, 11) is -0.386. The van der Waals surface area contributed by atoms with Crippen LogP contribution < -0.4 is 11.5 Å². The molecule has 5 nitrogen and oxygen atoms in total. The van der Waals surface area contributed by atoms with Crippen molar-refractivity contribution >= 4 is 12.9 Å². The SMILES string of the molecule is CC1(C)[C@@H]2C[C@H]3OB([C@@H](CC(=O)C(N)Cc4ccccc4)CC4CC4)O[C@@]3(N)[C@H]1C2. The standard InChI is InChI=1S/C24H35BN2O3/c1-23(2)17-12-21(23)24(27)22(13-17)29-25(30-24)18(10-16-8-9-16)14-20(28)19(26)11-15-6-4-3-5-7-15/h3-7,16-19,21-22H,8-14,26-27H2,1-2H3/t17-,18+,19?,21-,22+,24-/m0/s1. The lowest BCUT2D eigenvalue weighted by Crippen LogP contribution is -2.70. The number of nitrogens with two attached hydrogens (primary N) is 2. The second-order valence-electron chi connectivity index (χ2n) is 10.9. The molecule has 1 saturated heterocycles. The van der Waals surface area contributed by atoms with Crippen molar-refractivity contribution in [2.45, 2.75) is 82.5 Å². The number of carbonyl (C=O) groups excluding carboxylic acids is 1. The van der Waals surface area contributed by atoms with Crippen LogP contribution in [0.1, 0.15) is 57.9 Å². The maximum Gasteiger partial charge on any atom is 0.462 e. The van der Waals surface area contributed by atoms with Gasteiger partial charge >= 0.3 is 7.12 Å². The summed E-state index contributed by atoms with van der Waals surface area (Å²) in [6.07, 6.45) is 6.48. The summed E-state index contributed by atoms with van der Waals surface area (Å²) >= 11 is 0. The van der Waals surface area contributed by atoms with E-state index in [0.29, 0.717) is 30.6 Å². The number of hydrogen-bond acceptors (Lipinski definition) is 5. The third-order valence-electron chi connectivity index (χ3n) is 8.53. The van der Waals surface area contributed by atoms with Crippen LogP contribution in [0.4, 0.5) is 0 Å². The topological polar surface area (TPSA) is 87.6 Å². The van der Waals surface area contributed by atoms with Crippen molar-refractivity contribution < 1.29 is 14.1 Å². The summed E-state index contributed by atoms with van der Waals surface area (Å²) in [5.41, 5.74) is 13.7. The minimum Gasteiger partial charge on any atom is -0.404 e. The molecular formula is C24H35BN2O3. The molecule has 4 saturated carbocycles. The Morgan fingerprint density at radius 3 is 2.63 bits per heavy atom. The van der Waals surface area contributed by atoms with Gasteiger partial charge in [0.05, 0.1) is 12.1 Å². The van der Waals surface area contributed by atoms with Crippen LogP contribution in [0.5, 0.6) is 0 Å². The van der Waals surface area contributed by atoms with E-state index in [1.165, 1.54) is 12.8 Å². The van der Waals surface area contributed by atoms with Gasteiger partial charge in [0, 0.05) is 18.2 Å². The van der Waals surface area contributed by atoms with Crippen LogP contribution >= 0.6 is 0 Å². The molecule has 162 valence electrons. The minimum atomic E-state index is -0.708. The normalized spacial score (nSPS) is 36.0. The van der Waals surface area contributed by atoms with Crippen molar-refractivity contribution in [3.8, 4) is 0 Å². The predicted octanol–water partition coefficient (Wildman–Crippen LogP) is 3.31. The molecule has 30 heavy (non-hydrogen) atoms. The first-order chi connectivity index (χ1) is 14.3. The smallest absolute Gasteiger partial charge is 0.404 e. The molecule has 6 rings (SSSR count). The van der Waals surface area contributed by atoms with E-state index in [-0.39, 0.29) is 30.2 Å². The van der Waals surface area contributed by atoms with Gasteiger partial charge < -0.3 is 20.8 Å². The molecule has 1 heterocycles. The van der Waals surface area contributed by atoms with E-state index in [4.69, 9.17) is 20.8 Å². The molecule has 1 aromatic rings. The average molecular weight is 410 g/mol. The van der Waals surface area contributed by atoms with E-state index < -0.39 is 11.8 Å². The van der Waals surface area contributed by atoms with Gasteiger partial charge in [-0.15, -0.1) is 0 Å². The molecule has 0 amide bonds. The lowest BCUT2D eigenvalue weighted by Gasteiger charge is -2.64. The number of rotatable bonds is 8. The summed E-state index contributed by atoms with van der Waals surface area (Å²) < 4.78 is 12.9. The predicted molar refractivity (Wildman–Crippen MR) is 117 cm³/mol. The van der Waals surface area contributed by atoms with Gasteiger partial charge in [0.1, 0.15) is 11.5 Å². The van der Waals surface area contributed by atoms with Gasteiger partial charge in [-0.25, -0.2) is 0 Å². The van der Waals surface area contributed by atoms with E-state index >= 15 is 0 Å². The van der Waals surface area contributed by atoms with Gasteiger partial charge in [-0.05, 0) is 48.5 Å². The molecule has 4 N–H and O–H groups in total. The Morgan fingerprint density at radius 1 is 1.23 bits per heavy atom. The van der Waals surface area contributed by atoms with E-state index in [1.54, 1.807) is 0 Å². The molecule has 2 bridgehead atoms. The lowest BCUT2D eigenvalue weighted by molar-refractivity contribution is -0.205. The van der Waals surface area contributed by atoms with E-state index in [2.05, 4.69) is 13.8 Å². The van der Waals surface area contributed by atoms with E-state index in [0.717, 1.165) is 24.8 Å². The summed E-state index contributed by atoms with van der Waals surface area (Å²) in [6, 6.07) is 9.50. The van der Waals surface area contributed by atoms with Crippen molar-refractivity contribution in [2.75, 3.05) is 0 Å². The molecular weight excluding hydrogens is 375 g/mol. The monoisotopic (exact) mass is 410 g/mol. The molecule has 1 unspecified atom stereocenters. The van der Waals surface area contributed by atoms with Crippen molar-refractivity contribution in [2.24, 2.45) is 34.6 Å². The Kier molecular flexibility index (Phi) is 5.13. The largest absolute Gasteiger partial charge is 0.462 e. The fourth-order valence-corrected chi connectivity index (χ4v) is 6.23. The van der Waals surface area contributed by atoms with Crippen LogP contribution in [0.2, 0.25) is 5.82 Å². The Hall–Kier alpha value is -1.21. The number of benzene rings is 1. The molecule has 0 spiro atoms. The van der Waals surface area contributed by atoms with Gasteiger partial charge in [0.15, 0.2) is 0 Å². The highest BCUT2D eigenvalue weighted by molar-refractivity contribution is 6.47. The van der Waals surface area contributed by atoms with Gasteiger partial charge in [0.25, 0.3) is 0 Å². The second kappa shape index (κ2) is 7.44. The van der Waals surface area contributed by atoms with Gasteiger partial charge in [-0.3, -0.25) is 4.79 Å². The number of Topliss-reactive ketones (excluding diaryl/α,β-unsaturated/α-hetero) is 1. The number of carbonyl (C=O) groups is 1. The zero-order valence-corrected chi connectivity index (χ0v) is 18.3. The second-order valence-corrected chi connectivity index (χ2v) is 10.9. The Bertz CT molecular complexity index is 799. The quantitative estimate of drug-likeness (QED) is 0.642. The van der Waals surface area contributed by atoms with Crippen LogP contribution in [-0.4, -0.2) is 30.8 Å². The van der Waals surface area contributed by atoms with E-state index in [1.807, 2.05) is 30.3 Å². The Labute approximate surface area is 180 Å². The zero-order valence-electron chi connectivity index (χ0n) is 18.3. The summed E-state index contributed by atoms with van der Waals surface area (Å²) in [6.45, 7) is 4.61. The fraction of sp³-hybridized carbons (Fsp3) is 0.708. The summed E-state index contributed by atoms with van der Waals surface area (Å²) in [4.78, 5) is 13.0. The first-order valence-electron chi connectivity index (χ1n) is 11.7. The highest BCUT2D eigenvalue weighted by Crippen LogP contribution is 2.64. The van der Waals surface area contributed by atoms with Crippen LogP contribution in [0.15, 0.2) is 30.3 Å². The summed E-state index contributed by atoms with van der Waals surface area (Å²) in [5.74, 6) is 1.81. The van der Waals surface area contributed by atoms with Crippen molar-refractivity contribution in [1.82, 2.24) is 0 Å². The van der Waals surface area contributed by atoms with Crippen molar-refractivity contribution in [1.29, 1.82) is 0 Å². The molecule has 0 radical (unpaired) electrons. The summed E-state index contributed by atoms with van der Waals surface area (Å²) in [5, 5.41) is 0. The average Bonchev–Trinajstić information content (AvgIpc) is 3.45. The number of hydrogen-bond donors (Lipinski definition) is 2. The Balaban J connectivity index is 1.26. The molecule has 5 aliphatic rings. The molecule has 1 aliphatic heterocycles. The minimum absolute atomic E-state index is 0.0400. The maximum atomic E-state index is 13.0. The van der Waals surface area contributed by atoms with Gasteiger partial charge in [-0.2, -0.15) is 0 Å². The van der Waals surface area contributed by atoms with Crippen LogP contribution in [-0.2, 0) is 20.5 Å². The molecule has 6 heteroatoms. The van der Waals surface area contributed by atoms with Crippen LogP contribution in [0.3, 0.4) is 0 Å². The zero-order chi connectivity index (χ0) is 21.1. The molecule has 4 aliphatic carbocycles. The Morgan fingerprint density at radius 2 is 1.97 bits per heavy atom. The first-order valence-corrected chi connectivity index (χ1v) is 11.7. The lowest BCUT2D eigenvalue weighted by atomic mass is 9.45. The van der Waals surface area contributed by atoms with Crippen molar-refractivity contribution in [3.63, 3.8) is 0 Å². The first kappa shape index (κ1) is 20.7. The third kappa shape index (κ3) is 3.56. The molecule has 1 aromatic carbocycles. The van der Waals surface area contributed by atoms with Crippen LogP contribution in [0.25, 0.3) is 0 Å². The maximum absolute atomic E-state index is 13.0. The number of ketones is 1.